The molecule has 3 N–H and O–H groups in total. The summed E-state index contributed by atoms with van der Waals surface area (Å²) in [4.78, 5) is 22.7. The summed E-state index contributed by atoms with van der Waals surface area (Å²) < 4.78 is 0. The second-order valence-corrected chi connectivity index (χ2v) is 4.25. The summed E-state index contributed by atoms with van der Waals surface area (Å²) in [5.74, 6) is -0.409. The van der Waals surface area contributed by atoms with Crippen molar-refractivity contribution in [3.05, 3.63) is 28.8 Å². The maximum Gasteiger partial charge on any atom is 0.321 e. The molecule has 0 aliphatic rings. The lowest BCUT2D eigenvalue weighted by molar-refractivity contribution is -0.120. The minimum atomic E-state index is -0.542. The molecule has 5 nitrogen and oxygen atoms in total. The molecule has 1 rings (SSSR count). The van der Waals surface area contributed by atoms with Gasteiger partial charge in [0.2, 0.25) is 5.91 Å². The third kappa shape index (κ3) is 3.63. The van der Waals surface area contributed by atoms with Gasteiger partial charge in [-0.05, 0) is 31.5 Å². The van der Waals surface area contributed by atoms with E-state index in [1.165, 1.54) is 7.05 Å². The molecule has 0 fully saturated rings. The Morgan fingerprint density at radius 1 is 1.33 bits per heavy atom. The Bertz CT molecular complexity index is 463. The Balaban J connectivity index is 2.69. The Kier molecular flexibility index (Phi) is 4.97. The van der Waals surface area contributed by atoms with Crippen LogP contribution < -0.4 is 16.0 Å². The minimum Gasteiger partial charge on any atom is -0.374 e. The Labute approximate surface area is 111 Å². The maximum atomic E-state index is 11.6. The number of hydrogen-bond acceptors (Lipinski definition) is 3. The average molecular weight is 270 g/mol. The van der Waals surface area contributed by atoms with Crippen molar-refractivity contribution in [2.75, 3.05) is 12.4 Å². The van der Waals surface area contributed by atoms with Gasteiger partial charge >= 0.3 is 6.03 Å². The van der Waals surface area contributed by atoms with Gasteiger partial charge in [-0.2, -0.15) is 0 Å². The monoisotopic (exact) mass is 269 g/mol. The zero-order valence-corrected chi connectivity index (χ0v) is 11.3. The molecular formula is C12H16ClN3O2. The van der Waals surface area contributed by atoms with E-state index >= 15 is 0 Å². The van der Waals surface area contributed by atoms with Crippen LogP contribution >= 0.6 is 11.6 Å². The van der Waals surface area contributed by atoms with E-state index in [1.807, 2.05) is 13.0 Å². The summed E-state index contributed by atoms with van der Waals surface area (Å²) in [6, 6.07) is 4.32. The van der Waals surface area contributed by atoms with Crippen LogP contribution in [0.1, 0.15) is 12.5 Å². The van der Waals surface area contributed by atoms with E-state index in [1.54, 1.807) is 19.1 Å². The van der Waals surface area contributed by atoms with E-state index in [-0.39, 0.29) is 0 Å². The van der Waals surface area contributed by atoms with Crippen LogP contribution in [0.25, 0.3) is 0 Å². The highest BCUT2D eigenvalue weighted by atomic mass is 35.5. The van der Waals surface area contributed by atoms with Crippen LogP contribution in [0.2, 0.25) is 5.02 Å². The van der Waals surface area contributed by atoms with Crippen LogP contribution in [0.3, 0.4) is 0 Å². The molecule has 6 heteroatoms. The van der Waals surface area contributed by atoms with Gasteiger partial charge in [-0.3, -0.25) is 10.1 Å². The number of anilines is 1. The zero-order chi connectivity index (χ0) is 13.7. The van der Waals surface area contributed by atoms with Gasteiger partial charge in [0.25, 0.3) is 0 Å². The van der Waals surface area contributed by atoms with Gasteiger partial charge in [0.05, 0.1) is 0 Å². The smallest absolute Gasteiger partial charge is 0.321 e. The second kappa shape index (κ2) is 6.26. The highest BCUT2D eigenvalue weighted by Gasteiger charge is 2.15. The fourth-order valence-electron chi connectivity index (χ4n) is 1.35. The largest absolute Gasteiger partial charge is 0.374 e. The predicted octanol–water partition coefficient (Wildman–Crippen LogP) is 1.90. The van der Waals surface area contributed by atoms with E-state index in [0.29, 0.717) is 5.02 Å². The number of imide groups is 1. The molecule has 3 amide bonds. The molecule has 0 spiro atoms. The number of urea groups is 1. The quantitative estimate of drug-likeness (QED) is 0.785. The number of halogens is 1. The molecule has 0 aliphatic carbocycles. The van der Waals surface area contributed by atoms with E-state index in [9.17, 15) is 9.59 Å². The van der Waals surface area contributed by atoms with Gasteiger partial charge in [0, 0.05) is 17.8 Å². The average Bonchev–Trinajstić information content (AvgIpc) is 2.34. The first kappa shape index (κ1) is 14.3. The molecule has 0 saturated heterocycles. The van der Waals surface area contributed by atoms with Crippen LogP contribution in [0.5, 0.6) is 0 Å². The molecule has 18 heavy (non-hydrogen) atoms. The maximum absolute atomic E-state index is 11.6. The molecule has 1 unspecified atom stereocenters. The Hall–Kier alpha value is -1.75. The van der Waals surface area contributed by atoms with E-state index in [0.717, 1.165) is 11.3 Å². The summed E-state index contributed by atoms with van der Waals surface area (Å²) in [6.07, 6.45) is 0. The lowest BCUT2D eigenvalue weighted by Crippen LogP contribution is -2.44. The van der Waals surface area contributed by atoms with Crippen molar-refractivity contribution in [3.8, 4) is 0 Å². The molecular weight excluding hydrogens is 254 g/mol. The Morgan fingerprint density at radius 3 is 2.61 bits per heavy atom. The van der Waals surface area contributed by atoms with Crippen molar-refractivity contribution < 1.29 is 9.59 Å². The summed E-state index contributed by atoms with van der Waals surface area (Å²) in [5, 5.41) is 8.14. The van der Waals surface area contributed by atoms with Gasteiger partial charge in [0.15, 0.2) is 0 Å². The van der Waals surface area contributed by atoms with E-state index < -0.39 is 18.0 Å². The Morgan fingerprint density at radius 2 is 2.00 bits per heavy atom. The molecule has 0 radical (unpaired) electrons. The van der Waals surface area contributed by atoms with Gasteiger partial charge < -0.3 is 10.6 Å². The summed E-state index contributed by atoms with van der Waals surface area (Å²) in [7, 11) is 1.45. The number of benzene rings is 1. The van der Waals surface area contributed by atoms with Gasteiger partial charge in [-0.15, -0.1) is 0 Å². The number of rotatable bonds is 3. The van der Waals surface area contributed by atoms with Gasteiger partial charge in [-0.1, -0.05) is 17.7 Å². The third-order valence-corrected chi connectivity index (χ3v) is 2.91. The van der Waals surface area contributed by atoms with Crippen LogP contribution in [-0.4, -0.2) is 25.0 Å². The van der Waals surface area contributed by atoms with Crippen LogP contribution in [0.15, 0.2) is 18.2 Å². The molecule has 1 aromatic rings. The normalized spacial score (nSPS) is 11.6. The minimum absolute atomic E-state index is 0.409. The lowest BCUT2D eigenvalue weighted by Gasteiger charge is -2.16. The number of carbonyl (C=O) groups excluding carboxylic acids is 2. The molecule has 0 bridgehead atoms. The third-order valence-electron chi connectivity index (χ3n) is 2.50. The summed E-state index contributed by atoms with van der Waals surface area (Å²) >= 11 is 5.98. The first-order valence-electron chi connectivity index (χ1n) is 5.50. The molecule has 98 valence electrons. The zero-order valence-electron chi connectivity index (χ0n) is 10.5. The van der Waals surface area contributed by atoms with Gasteiger partial charge in [-0.25, -0.2) is 4.79 Å². The van der Waals surface area contributed by atoms with Crippen LogP contribution in [0.4, 0.5) is 10.5 Å². The molecule has 0 aliphatic heterocycles. The fourth-order valence-corrected chi connectivity index (χ4v) is 1.52. The predicted molar refractivity (Wildman–Crippen MR) is 71.9 cm³/mol. The number of nitrogens with one attached hydrogen (secondary N) is 3. The molecule has 0 aromatic heterocycles. The van der Waals surface area contributed by atoms with E-state index in [4.69, 9.17) is 11.6 Å². The number of amides is 3. The van der Waals surface area contributed by atoms with Crippen molar-refractivity contribution >= 4 is 29.2 Å². The molecule has 1 atom stereocenters. The number of carbonyl (C=O) groups is 2. The molecule has 1 aromatic carbocycles. The summed E-state index contributed by atoms with van der Waals surface area (Å²) in [5.41, 5.74) is 1.63. The van der Waals surface area contributed by atoms with Crippen LogP contribution in [0, 0.1) is 6.92 Å². The van der Waals surface area contributed by atoms with Crippen molar-refractivity contribution in [2.24, 2.45) is 0 Å². The van der Waals surface area contributed by atoms with Crippen molar-refractivity contribution in [1.29, 1.82) is 0 Å². The molecule has 0 saturated carbocycles. The second-order valence-electron chi connectivity index (χ2n) is 3.85. The first-order chi connectivity index (χ1) is 8.45. The highest BCUT2D eigenvalue weighted by Crippen LogP contribution is 2.23. The van der Waals surface area contributed by atoms with Crippen molar-refractivity contribution in [3.63, 3.8) is 0 Å². The highest BCUT2D eigenvalue weighted by molar-refractivity contribution is 6.31. The van der Waals surface area contributed by atoms with E-state index in [2.05, 4.69) is 16.0 Å². The summed E-state index contributed by atoms with van der Waals surface area (Å²) in [6.45, 7) is 3.52. The fraction of sp³-hybridized carbons (Fsp3) is 0.333. The molecule has 0 heterocycles. The number of hydrogen-bond donors (Lipinski definition) is 3. The van der Waals surface area contributed by atoms with Crippen LogP contribution in [-0.2, 0) is 4.79 Å². The lowest BCUT2D eigenvalue weighted by atomic mass is 10.2. The topological polar surface area (TPSA) is 70.2 Å². The van der Waals surface area contributed by atoms with Crippen molar-refractivity contribution in [1.82, 2.24) is 10.6 Å². The van der Waals surface area contributed by atoms with Crippen molar-refractivity contribution in [2.45, 2.75) is 19.9 Å². The first-order valence-corrected chi connectivity index (χ1v) is 5.87. The van der Waals surface area contributed by atoms with Gasteiger partial charge in [0.1, 0.15) is 6.04 Å². The standard InChI is InChI=1S/C12H16ClN3O2/c1-7-9(13)5-4-6-10(7)15-8(2)11(17)16-12(18)14-3/h4-6,8,15H,1-3H3,(H2,14,16,17,18). The SMILES string of the molecule is CNC(=O)NC(=O)C(C)Nc1cccc(Cl)c1C.